The van der Waals surface area contributed by atoms with Crippen molar-refractivity contribution in [2.45, 2.75) is 13.0 Å². The van der Waals surface area contributed by atoms with E-state index >= 15 is 0 Å². The number of hydrogen-bond acceptors (Lipinski definition) is 4. The summed E-state index contributed by atoms with van der Waals surface area (Å²) in [7, 11) is 0. The topological polar surface area (TPSA) is 92.7 Å². The van der Waals surface area contributed by atoms with Gasteiger partial charge >= 0.3 is 5.97 Å². The average Bonchev–Trinajstić information content (AvgIpc) is 3.00. The summed E-state index contributed by atoms with van der Waals surface area (Å²) >= 11 is 0. The van der Waals surface area contributed by atoms with E-state index < -0.39 is 11.9 Å². The van der Waals surface area contributed by atoms with Crippen LogP contribution >= 0.6 is 0 Å². The summed E-state index contributed by atoms with van der Waals surface area (Å²) in [6.07, 6.45) is 2.53. The number of rotatable bonds is 4. The van der Waals surface area contributed by atoms with Crippen molar-refractivity contribution >= 4 is 11.9 Å². The fraction of sp³-hybridized carbons (Fsp3) is 0.167. The predicted molar refractivity (Wildman–Crippen MR) is 60.3 cm³/mol. The fourth-order valence-corrected chi connectivity index (χ4v) is 1.44. The molecule has 0 aliphatic heterocycles. The van der Waals surface area contributed by atoms with Gasteiger partial charge in [0.25, 0.3) is 5.91 Å². The summed E-state index contributed by atoms with van der Waals surface area (Å²) in [5.41, 5.74) is -0.0641. The van der Waals surface area contributed by atoms with Gasteiger partial charge in [-0.15, -0.1) is 0 Å². The van der Waals surface area contributed by atoms with Crippen LogP contribution in [0.2, 0.25) is 0 Å². The molecule has 0 aromatic carbocycles. The molecule has 0 saturated heterocycles. The largest absolute Gasteiger partial charge is 0.478 e. The van der Waals surface area contributed by atoms with Crippen LogP contribution in [0, 0.1) is 0 Å². The molecule has 0 bridgehead atoms. The van der Waals surface area contributed by atoms with E-state index in [-0.39, 0.29) is 17.4 Å². The lowest BCUT2D eigenvalue weighted by molar-refractivity contribution is 0.0695. The Kier molecular flexibility index (Phi) is 3.18. The van der Waals surface area contributed by atoms with Crippen molar-refractivity contribution in [3.05, 3.63) is 47.8 Å². The Morgan fingerprint density at radius 2 is 2.17 bits per heavy atom. The monoisotopic (exact) mass is 249 g/mol. The molecule has 0 radical (unpaired) electrons. The van der Waals surface area contributed by atoms with Crippen molar-refractivity contribution in [2.75, 3.05) is 0 Å². The molecule has 1 unspecified atom stereocenters. The minimum atomic E-state index is -1.14. The Hall–Kier alpha value is -2.50. The first-order valence-corrected chi connectivity index (χ1v) is 5.24. The maximum Gasteiger partial charge on any atom is 0.338 e. The number of amides is 1. The normalized spacial score (nSPS) is 12.1. The molecule has 0 saturated carbocycles. The van der Waals surface area contributed by atoms with E-state index in [0.29, 0.717) is 5.76 Å². The van der Waals surface area contributed by atoms with Crippen LogP contribution in [-0.2, 0) is 0 Å². The molecule has 2 aromatic heterocycles. The summed E-state index contributed by atoms with van der Waals surface area (Å²) in [5.74, 6) is -1.08. The number of furan rings is 2. The molecule has 94 valence electrons. The third-order valence-corrected chi connectivity index (χ3v) is 2.39. The third-order valence-electron chi connectivity index (χ3n) is 2.39. The average molecular weight is 249 g/mol. The maximum atomic E-state index is 11.7. The number of hydrogen-bond donors (Lipinski definition) is 2. The van der Waals surface area contributed by atoms with Crippen LogP contribution in [0.4, 0.5) is 0 Å². The van der Waals surface area contributed by atoms with Crippen LogP contribution in [0.15, 0.2) is 39.6 Å². The molecule has 18 heavy (non-hydrogen) atoms. The highest BCUT2D eigenvalue weighted by atomic mass is 16.4. The summed E-state index contributed by atoms with van der Waals surface area (Å²) in [5, 5.41) is 11.3. The molecule has 1 atom stereocenters. The minimum Gasteiger partial charge on any atom is -0.478 e. The van der Waals surface area contributed by atoms with Crippen molar-refractivity contribution in [1.82, 2.24) is 5.32 Å². The number of carboxylic acids is 1. The predicted octanol–water partition coefficient (Wildman–Crippen LogP) is 2.06. The van der Waals surface area contributed by atoms with E-state index in [9.17, 15) is 9.59 Å². The number of nitrogens with one attached hydrogen (secondary N) is 1. The van der Waals surface area contributed by atoms with Crippen molar-refractivity contribution in [2.24, 2.45) is 0 Å². The van der Waals surface area contributed by atoms with Crippen molar-refractivity contribution in [1.29, 1.82) is 0 Å². The maximum absolute atomic E-state index is 11.7. The number of carboxylic acid groups (broad SMARTS) is 1. The second-order valence-corrected chi connectivity index (χ2v) is 3.72. The van der Waals surface area contributed by atoms with Crippen molar-refractivity contribution < 1.29 is 23.5 Å². The van der Waals surface area contributed by atoms with Gasteiger partial charge in [-0.1, -0.05) is 0 Å². The highest BCUT2D eigenvalue weighted by molar-refractivity contribution is 5.95. The van der Waals surface area contributed by atoms with Gasteiger partial charge in [0.1, 0.15) is 12.0 Å². The number of carbonyl (C=O) groups excluding carboxylic acids is 1. The first-order chi connectivity index (χ1) is 8.58. The minimum absolute atomic E-state index is 0.0502. The summed E-state index contributed by atoms with van der Waals surface area (Å²) in [6.45, 7) is 1.75. The Morgan fingerprint density at radius 1 is 1.39 bits per heavy atom. The van der Waals surface area contributed by atoms with Crippen LogP contribution in [0.25, 0.3) is 0 Å². The molecule has 2 N–H and O–H groups in total. The molecule has 6 nitrogen and oxygen atoms in total. The highest BCUT2D eigenvalue weighted by Crippen LogP contribution is 2.14. The van der Waals surface area contributed by atoms with E-state index in [1.807, 2.05) is 0 Å². The van der Waals surface area contributed by atoms with Gasteiger partial charge in [-0.05, 0) is 19.1 Å². The SMILES string of the molecule is CC(NC(=O)c1cc(C(=O)O)co1)c1ccco1. The van der Waals surface area contributed by atoms with Crippen LogP contribution < -0.4 is 5.32 Å². The molecular weight excluding hydrogens is 238 g/mol. The molecular formula is C12H11NO5. The molecule has 0 fully saturated rings. The van der Waals surface area contributed by atoms with Gasteiger partial charge in [0.05, 0.1) is 17.9 Å². The molecule has 2 rings (SSSR count). The van der Waals surface area contributed by atoms with Gasteiger partial charge in [0.15, 0.2) is 5.76 Å². The first-order valence-electron chi connectivity index (χ1n) is 5.24. The quantitative estimate of drug-likeness (QED) is 0.865. The van der Waals surface area contributed by atoms with E-state index in [1.165, 1.54) is 12.3 Å². The van der Waals surface area contributed by atoms with Gasteiger partial charge in [-0.25, -0.2) is 4.79 Å². The van der Waals surface area contributed by atoms with Gasteiger partial charge < -0.3 is 19.3 Å². The highest BCUT2D eigenvalue weighted by Gasteiger charge is 2.18. The lowest BCUT2D eigenvalue weighted by Gasteiger charge is -2.09. The van der Waals surface area contributed by atoms with Crippen molar-refractivity contribution in [3.8, 4) is 0 Å². The van der Waals surface area contributed by atoms with Crippen LogP contribution in [-0.4, -0.2) is 17.0 Å². The zero-order chi connectivity index (χ0) is 13.1. The van der Waals surface area contributed by atoms with Gasteiger partial charge in [0.2, 0.25) is 0 Å². The lowest BCUT2D eigenvalue weighted by atomic mass is 10.2. The lowest BCUT2D eigenvalue weighted by Crippen LogP contribution is -2.25. The Morgan fingerprint density at radius 3 is 2.72 bits per heavy atom. The smallest absolute Gasteiger partial charge is 0.338 e. The van der Waals surface area contributed by atoms with Gasteiger partial charge in [-0.2, -0.15) is 0 Å². The van der Waals surface area contributed by atoms with E-state index in [1.54, 1.807) is 19.1 Å². The van der Waals surface area contributed by atoms with Crippen LogP contribution in [0.3, 0.4) is 0 Å². The van der Waals surface area contributed by atoms with Gasteiger partial charge in [-0.3, -0.25) is 4.79 Å². The molecule has 6 heteroatoms. The van der Waals surface area contributed by atoms with E-state index in [2.05, 4.69) is 5.32 Å². The first kappa shape index (κ1) is 12.0. The molecule has 2 heterocycles. The van der Waals surface area contributed by atoms with Crippen LogP contribution in [0.5, 0.6) is 0 Å². The summed E-state index contributed by atoms with van der Waals surface area (Å²) in [6, 6.07) is 4.29. The third kappa shape index (κ3) is 2.42. The molecule has 2 aromatic rings. The second-order valence-electron chi connectivity index (χ2n) is 3.72. The number of carbonyl (C=O) groups is 2. The van der Waals surface area contributed by atoms with Crippen LogP contribution in [0.1, 0.15) is 39.6 Å². The Labute approximate surface area is 102 Å². The van der Waals surface area contributed by atoms with Crippen molar-refractivity contribution in [3.63, 3.8) is 0 Å². The standard InChI is InChI=1S/C12H11NO5/c1-7(9-3-2-4-17-9)13-11(14)10-5-8(6-18-10)12(15)16/h2-7H,1H3,(H,13,14)(H,15,16). The number of aromatic carboxylic acids is 1. The molecule has 1 amide bonds. The Balaban J connectivity index is 2.05. The molecule has 0 aliphatic rings. The van der Waals surface area contributed by atoms with Gasteiger partial charge in [0, 0.05) is 6.07 Å². The van der Waals surface area contributed by atoms with E-state index in [4.69, 9.17) is 13.9 Å². The summed E-state index contributed by atoms with van der Waals surface area (Å²) < 4.78 is 10.0. The fourth-order valence-electron chi connectivity index (χ4n) is 1.44. The Bertz CT molecular complexity index is 555. The molecule has 0 aliphatic carbocycles. The van der Waals surface area contributed by atoms with E-state index in [0.717, 1.165) is 6.26 Å². The zero-order valence-corrected chi connectivity index (χ0v) is 9.54. The zero-order valence-electron chi connectivity index (χ0n) is 9.54. The molecule has 0 spiro atoms. The second kappa shape index (κ2) is 4.79. The summed E-state index contributed by atoms with van der Waals surface area (Å²) in [4.78, 5) is 22.4.